The van der Waals surface area contributed by atoms with E-state index in [1.807, 2.05) is 24.4 Å². The molecule has 0 fully saturated rings. The summed E-state index contributed by atoms with van der Waals surface area (Å²) in [5, 5.41) is 0. The van der Waals surface area contributed by atoms with Crippen LogP contribution in [-0.2, 0) is 0 Å². The summed E-state index contributed by atoms with van der Waals surface area (Å²) in [7, 11) is 0. The molecule has 0 atom stereocenters. The Morgan fingerprint density at radius 2 is 1.82 bits per heavy atom. The molecule has 1 aromatic heterocycles. The molecule has 0 saturated carbocycles. The van der Waals surface area contributed by atoms with Crippen LogP contribution in [0.1, 0.15) is 25.5 Å². The van der Waals surface area contributed by atoms with Crippen molar-refractivity contribution in [1.82, 2.24) is 9.55 Å². The Morgan fingerprint density at radius 1 is 1.24 bits per heavy atom. The molecule has 0 amide bonds. The first kappa shape index (κ1) is 13.1. The molecule has 1 heterocycles. The van der Waals surface area contributed by atoms with Gasteiger partial charge < -0.3 is 4.98 Å². The largest absolute Gasteiger partial charge is 0.337 e. The van der Waals surface area contributed by atoms with Crippen molar-refractivity contribution >= 4 is 44.1 Å². The standard InChI is InChI=1S/C12H12Br2N2S/c1-7(2)10-6-15-12(17)16(10)11-8(13)4-3-5-9(11)14/h3-7H,1-2H3,(H,15,17). The minimum atomic E-state index is 0.405. The SMILES string of the molecule is CC(C)c1c[nH]c(=S)n1-c1c(Br)cccc1Br. The second kappa shape index (κ2) is 5.08. The lowest BCUT2D eigenvalue weighted by Gasteiger charge is -2.14. The minimum absolute atomic E-state index is 0.405. The lowest BCUT2D eigenvalue weighted by molar-refractivity contribution is 0.781. The van der Waals surface area contributed by atoms with Gasteiger partial charge in [0.2, 0.25) is 0 Å². The van der Waals surface area contributed by atoms with Gasteiger partial charge in [0.15, 0.2) is 4.77 Å². The molecule has 0 aliphatic heterocycles. The highest BCUT2D eigenvalue weighted by Crippen LogP contribution is 2.32. The van der Waals surface area contributed by atoms with E-state index in [2.05, 4.69) is 55.3 Å². The number of H-pyrrole nitrogens is 1. The third-order valence-electron chi connectivity index (χ3n) is 2.56. The highest BCUT2D eigenvalue weighted by atomic mass is 79.9. The summed E-state index contributed by atoms with van der Waals surface area (Å²) in [6.07, 6.45) is 1.97. The van der Waals surface area contributed by atoms with Crippen molar-refractivity contribution in [2.75, 3.05) is 0 Å². The van der Waals surface area contributed by atoms with Crippen molar-refractivity contribution in [2.24, 2.45) is 0 Å². The number of halogens is 2. The van der Waals surface area contributed by atoms with Crippen LogP contribution in [0.2, 0.25) is 0 Å². The van der Waals surface area contributed by atoms with E-state index in [0.29, 0.717) is 10.7 Å². The van der Waals surface area contributed by atoms with Gasteiger partial charge in [0.25, 0.3) is 0 Å². The second-order valence-corrected chi connectivity index (χ2v) is 6.17. The first-order valence-corrected chi connectivity index (χ1v) is 7.26. The molecule has 90 valence electrons. The van der Waals surface area contributed by atoms with Crippen molar-refractivity contribution in [2.45, 2.75) is 19.8 Å². The van der Waals surface area contributed by atoms with Crippen molar-refractivity contribution in [3.8, 4) is 5.69 Å². The lowest BCUT2D eigenvalue weighted by atomic mass is 10.1. The molecular formula is C12H12Br2N2S. The van der Waals surface area contributed by atoms with Crippen LogP contribution < -0.4 is 0 Å². The molecule has 0 radical (unpaired) electrons. The summed E-state index contributed by atoms with van der Waals surface area (Å²) >= 11 is 12.5. The average molecular weight is 376 g/mol. The number of aromatic nitrogens is 2. The summed E-state index contributed by atoms with van der Waals surface area (Å²) in [6, 6.07) is 6.01. The van der Waals surface area contributed by atoms with E-state index in [0.717, 1.165) is 14.6 Å². The average Bonchev–Trinajstić information content (AvgIpc) is 2.61. The number of imidazole rings is 1. The fraction of sp³-hybridized carbons (Fsp3) is 0.250. The van der Waals surface area contributed by atoms with E-state index in [9.17, 15) is 0 Å². The number of aromatic amines is 1. The van der Waals surface area contributed by atoms with Crippen LogP contribution in [0, 0.1) is 4.77 Å². The monoisotopic (exact) mass is 374 g/mol. The molecule has 1 N–H and O–H groups in total. The maximum atomic E-state index is 5.36. The number of para-hydroxylation sites is 1. The molecule has 1 aromatic carbocycles. The van der Waals surface area contributed by atoms with Crippen LogP contribution in [-0.4, -0.2) is 9.55 Å². The predicted octanol–water partition coefficient (Wildman–Crippen LogP) is 5.18. The van der Waals surface area contributed by atoms with Crippen LogP contribution in [0.3, 0.4) is 0 Å². The third-order valence-corrected chi connectivity index (χ3v) is 4.14. The quantitative estimate of drug-likeness (QED) is 0.717. The summed E-state index contributed by atoms with van der Waals surface area (Å²) in [5.74, 6) is 0.405. The van der Waals surface area contributed by atoms with Crippen molar-refractivity contribution in [1.29, 1.82) is 0 Å². The van der Waals surface area contributed by atoms with Crippen LogP contribution in [0.4, 0.5) is 0 Å². The summed E-state index contributed by atoms with van der Waals surface area (Å²) in [6.45, 7) is 4.30. The highest BCUT2D eigenvalue weighted by Gasteiger charge is 2.14. The second-order valence-electron chi connectivity index (χ2n) is 4.08. The highest BCUT2D eigenvalue weighted by molar-refractivity contribution is 9.11. The van der Waals surface area contributed by atoms with Gasteiger partial charge in [-0.25, -0.2) is 0 Å². The minimum Gasteiger partial charge on any atom is -0.337 e. The van der Waals surface area contributed by atoms with Gasteiger partial charge in [0.05, 0.1) is 5.69 Å². The molecular weight excluding hydrogens is 364 g/mol. The summed E-state index contributed by atoms with van der Waals surface area (Å²) < 4.78 is 4.81. The van der Waals surface area contributed by atoms with Gasteiger partial charge in [-0.3, -0.25) is 4.57 Å². The Hall–Kier alpha value is -0.390. The third kappa shape index (κ3) is 2.41. The van der Waals surface area contributed by atoms with Gasteiger partial charge in [-0.1, -0.05) is 19.9 Å². The Labute approximate surface area is 122 Å². The van der Waals surface area contributed by atoms with Gasteiger partial charge in [-0.05, 0) is 62.1 Å². The number of hydrogen-bond acceptors (Lipinski definition) is 1. The Bertz CT molecular complexity index is 579. The fourth-order valence-electron chi connectivity index (χ4n) is 1.74. The van der Waals surface area contributed by atoms with Gasteiger partial charge >= 0.3 is 0 Å². The normalized spacial score (nSPS) is 11.1. The molecule has 0 spiro atoms. The van der Waals surface area contributed by atoms with Crippen LogP contribution in [0.25, 0.3) is 5.69 Å². The molecule has 2 nitrogen and oxygen atoms in total. The maximum absolute atomic E-state index is 5.36. The van der Waals surface area contributed by atoms with Crippen LogP contribution in [0.15, 0.2) is 33.3 Å². The van der Waals surface area contributed by atoms with Crippen molar-refractivity contribution in [3.63, 3.8) is 0 Å². The molecule has 17 heavy (non-hydrogen) atoms. The number of nitrogens with zero attached hydrogens (tertiary/aromatic N) is 1. The van der Waals surface area contributed by atoms with Gasteiger partial charge in [0.1, 0.15) is 0 Å². The number of rotatable bonds is 2. The van der Waals surface area contributed by atoms with E-state index < -0.39 is 0 Å². The molecule has 0 aliphatic carbocycles. The number of nitrogens with one attached hydrogen (secondary N) is 1. The van der Waals surface area contributed by atoms with E-state index >= 15 is 0 Å². The molecule has 0 aliphatic rings. The van der Waals surface area contributed by atoms with E-state index in [-0.39, 0.29) is 0 Å². The summed E-state index contributed by atoms with van der Waals surface area (Å²) in [5.41, 5.74) is 2.21. The van der Waals surface area contributed by atoms with Gasteiger partial charge in [-0.2, -0.15) is 0 Å². The Kier molecular flexibility index (Phi) is 3.90. The zero-order valence-electron chi connectivity index (χ0n) is 9.50. The lowest BCUT2D eigenvalue weighted by Crippen LogP contribution is -2.03. The van der Waals surface area contributed by atoms with Crippen molar-refractivity contribution < 1.29 is 0 Å². The smallest absolute Gasteiger partial charge is 0.182 e. The maximum Gasteiger partial charge on any atom is 0.182 e. The number of hydrogen-bond donors (Lipinski definition) is 1. The Morgan fingerprint density at radius 3 is 2.35 bits per heavy atom. The summed E-state index contributed by atoms with van der Waals surface area (Å²) in [4.78, 5) is 3.11. The topological polar surface area (TPSA) is 20.7 Å². The van der Waals surface area contributed by atoms with Crippen LogP contribution in [0.5, 0.6) is 0 Å². The predicted molar refractivity (Wildman–Crippen MR) is 80.4 cm³/mol. The van der Waals surface area contributed by atoms with Gasteiger partial charge in [-0.15, -0.1) is 0 Å². The van der Waals surface area contributed by atoms with Gasteiger partial charge in [0, 0.05) is 20.8 Å². The Balaban J connectivity index is 2.77. The van der Waals surface area contributed by atoms with E-state index in [1.165, 1.54) is 5.69 Å². The molecule has 0 saturated heterocycles. The van der Waals surface area contributed by atoms with Crippen molar-refractivity contribution in [3.05, 3.63) is 43.8 Å². The molecule has 0 unspecified atom stereocenters. The fourth-order valence-corrected chi connectivity index (χ4v) is 3.35. The number of benzene rings is 1. The molecule has 5 heteroatoms. The zero-order valence-corrected chi connectivity index (χ0v) is 13.5. The van der Waals surface area contributed by atoms with E-state index in [1.54, 1.807) is 0 Å². The molecule has 2 rings (SSSR count). The molecule has 2 aromatic rings. The zero-order chi connectivity index (χ0) is 12.6. The molecule has 0 bridgehead atoms. The van der Waals surface area contributed by atoms with E-state index in [4.69, 9.17) is 12.2 Å². The first-order chi connectivity index (χ1) is 8.02. The first-order valence-electron chi connectivity index (χ1n) is 5.27. The van der Waals surface area contributed by atoms with Crippen LogP contribution >= 0.6 is 44.1 Å².